The number of carbonyl (C=O) groups excluding carboxylic acids is 1. The smallest absolute Gasteiger partial charge is 0.225 e. The second-order valence-electron chi connectivity index (χ2n) is 6.29. The third kappa shape index (κ3) is 3.16. The van der Waals surface area contributed by atoms with E-state index in [1.807, 2.05) is 39.5 Å². The van der Waals surface area contributed by atoms with Crippen LogP contribution >= 0.6 is 0 Å². The highest BCUT2D eigenvalue weighted by Crippen LogP contribution is 2.36. The molecule has 3 heterocycles. The van der Waals surface area contributed by atoms with Crippen molar-refractivity contribution in [3.8, 4) is 5.88 Å². The number of hydrogen-bond donors (Lipinski definition) is 1. The van der Waals surface area contributed by atoms with E-state index < -0.39 is 0 Å². The normalized spacial score (nSPS) is 20.2. The lowest BCUT2D eigenvalue weighted by Crippen LogP contribution is -2.31. The molecule has 2 aromatic rings. The topological polar surface area (TPSA) is 85.2 Å². The van der Waals surface area contributed by atoms with Gasteiger partial charge >= 0.3 is 0 Å². The molecule has 0 spiro atoms. The summed E-state index contributed by atoms with van der Waals surface area (Å²) in [5.74, 6) is 1.27. The number of ether oxygens (including phenoxy) is 1. The molecule has 0 aromatic carbocycles. The highest BCUT2D eigenvalue weighted by molar-refractivity contribution is 5.81. The SMILES string of the molecule is CCOc1cc(N[C@@H]2CC(=O)N(C)[C@H]2c2c(C)nn(C)c2C)ncn1. The van der Waals surface area contributed by atoms with Gasteiger partial charge in [0.2, 0.25) is 11.8 Å². The summed E-state index contributed by atoms with van der Waals surface area (Å²) in [6.45, 7) is 6.45. The number of likely N-dealkylation sites (tertiary alicyclic amines) is 1. The number of nitrogens with one attached hydrogen (secondary N) is 1. The number of aryl methyl sites for hydroxylation is 2. The Morgan fingerprint density at radius 3 is 2.72 bits per heavy atom. The number of aromatic nitrogens is 4. The molecule has 3 rings (SSSR count). The first-order valence-corrected chi connectivity index (χ1v) is 8.39. The van der Waals surface area contributed by atoms with Gasteiger partial charge in [-0.05, 0) is 20.8 Å². The molecule has 1 aliphatic heterocycles. The first kappa shape index (κ1) is 17.2. The lowest BCUT2D eigenvalue weighted by Gasteiger charge is -2.26. The van der Waals surface area contributed by atoms with Crippen molar-refractivity contribution in [2.45, 2.75) is 39.3 Å². The van der Waals surface area contributed by atoms with Gasteiger partial charge in [0.05, 0.1) is 24.4 Å². The summed E-state index contributed by atoms with van der Waals surface area (Å²) >= 11 is 0. The fourth-order valence-corrected chi connectivity index (χ4v) is 3.45. The van der Waals surface area contributed by atoms with E-state index in [4.69, 9.17) is 4.74 Å². The third-order valence-corrected chi connectivity index (χ3v) is 4.71. The number of rotatable bonds is 5. The van der Waals surface area contributed by atoms with E-state index in [1.165, 1.54) is 6.33 Å². The molecule has 25 heavy (non-hydrogen) atoms. The fourth-order valence-electron chi connectivity index (χ4n) is 3.45. The molecule has 1 amide bonds. The van der Waals surface area contributed by atoms with Crippen molar-refractivity contribution in [2.24, 2.45) is 7.05 Å². The third-order valence-electron chi connectivity index (χ3n) is 4.71. The zero-order chi connectivity index (χ0) is 18.1. The maximum absolute atomic E-state index is 12.4. The van der Waals surface area contributed by atoms with Crippen LogP contribution in [-0.2, 0) is 11.8 Å². The number of anilines is 1. The average Bonchev–Trinajstić information content (AvgIpc) is 2.97. The van der Waals surface area contributed by atoms with Crippen LogP contribution in [0.15, 0.2) is 12.4 Å². The summed E-state index contributed by atoms with van der Waals surface area (Å²) in [6, 6.07) is 1.57. The van der Waals surface area contributed by atoms with Crippen LogP contribution in [0.3, 0.4) is 0 Å². The Morgan fingerprint density at radius 2 is 2.08 bits per heavy atom. The van der Waals surface area contributed by atoms with Crippen molar-refractivity contribution in [2.75, 3.05) is 19.0 Å². The summed E-state index contributed by atoms with van der Waals surface area (Å²) in [5.41, 5.74) is 3.09. The first-order chi connectivity index (χ1) is 11.9. The maximum atomic E-state index is 12.4. The molecule has 0 unspecified atom stereocenters. The lowest BCUT2D eigenvalue weighted by molar-refractivity contribution is -0.127. The Labute approximate surface area is 147 Å². The first-order valence-electron chi connectivity index (χ1n) is 8.39. The van der Waals surface area contributed by atoms with Crippen molar-refractivity contribution in [3.05, 3.63) is 29.3 Å². The highest BCUT2D eigenvalue weighted by atomic mass is 16.5. The van der Waals surface area contributed by atoms with Gasteiger partial charge in [0, 0.05) is 37.8 Å². The second-order valence-corrected chi connectivity index (χ2v) is 6.29. The summed E-state index contributed by atoms with van der Waals surface area (Å²) in [4.78, 5) is 22.5. The van der Waals surface area contributed by atoms with Crippen molar-refractivity contribution in [3.63, 3.8) is 0 Å². The van der Waals surface area contributed by atoms with Crippen LogP contribution < -0.4 is 10.1 Å². The molecular weight excluding hydrogens is 320 g/mol. The van der Waals surface area contributed by atoms with E-state index in [0.717, 1.165) is 17.0 Å². The molecule has 2 atom stereocenters. The average molecular weight is 344 g/mol. The van der Waals surface area contributed by atoms with Crippen LogP contribution in [0.2, 0.25) is 0 Å². The van der Waals surface area contributed by atoms with Crippen molar-refractivity contribution in [1.29, 1.82) is 0 Å². The molecule has 0 bridgehead atoms. The Balaban J connectivity index is 1.91. The molecule has 0 radical (unpaired) electrons. The van der Waals surface area contributed by atoms with E-state index in [2.05, 4.69) is 20.4 Å². The van der Waals surface area contributed by atoms with Gasteiger partial charge in [0.25, 0.3) is 0 Å². The summed E-state index contributed by atoms with van der Waals surface area (Å²) in [7, 11) is 3.76. The molecule has 8 heteroatoms. The quantitative estimate of drug-likeness (QED) is 0.887. The van der Waals surface area contributed by atoms with Crippen LogP contribution in [0.25, 0.3) is 0 Å². The van der Waals surface area contributed by atoms with Crippen LogP contribution in [-0.4, -0.2) is 50.3 Å². The monoisotopic (exact) mass is 344 g/mol. The number of carbonyl (C=O) groups is 1. The summed E-state index contributed by atoms with van der Waals surface area (Å²) in [6.07, 6.45) is 1.87. The minimum absolute atomic E-state index is 0.0910. The van der Waals surface area contributed by atoms with Gasteiger partial charge in [-0.25, -0.2) is 9.97 Å². The van der Waals surface area contributed by atoms with E-state index in [-0.39, 0.29) is 18.0 Å². The van der Waals surface area contributed by atoms with Crippen molar-refractivity contribution in [1.82, 2.24) is 24.6 Å². The van der Waals surface area contributed by atoms with Gasteiger partial charge in [-0.1, -0.05) is 0 Å². The Kier molecular flexibility index (Phi) is 4.61. The molecule has 8 nitrogen and oxygen atoms in total. The molecule has 1 saturated heterocycles. The highest BCUT2D eigenvalue weighted by Gasteiger charge is 2.41. The number of amides is 1. The van der Waals surface area contributed by atoms with Gasteiger partial charge in [0.15, 0.2) is 0 Å². The van der Waals surface area contributed by atoms with Crippen molar-refractivity contribution < 1.29 is 9.53 Å². The molecular formula is C17H24N6O2. The predicted molar refractivity (Wildman–Crippen MR) is 93.4 cm³/mol. The predicted octanol–water partition coefficient (Wildman–Crippen LogP) is 1.61. The molecule has 134 valence electrons. The minimum Gasteiger partial charge on any atom is -0.478 e. The van der Waals surface area contributed by atoms with Gasteiger partial charge < -0.3 is 15.0 Å². The lowest BCUT2D eigenvalue weighted by atomic mass is 9.98. The van der Waals surface area contributed by atoms with Gasteiger partial charge in [0.1, 0.15) is 12.1 Å². The van der Waals surface area contributed by atoms with Crippen LogP contribution in [0.1, 0.15) is 36.3 Å². The number of likely N-dealkylation sites (N-methyl/N-ethyl adjacent to an activating group) is 1. The molecule has 0 saturated carbocycles. The summed E-state index contributed by atoms with van der Waals surface area (Å²) in [5, 5.41) is 7.88. The zero-order valence-electron chi connectivity index (χ0n) is 15.3. The Morgan fingerprint density at radius 1 is 1.32 bits per heavy atom. The molecule has 1 N–H and O–H groups in total. The zero-order valence-corrected chi connectivity index (χ0v) is 15.3. The fraction of sp³-hybridized carbons (Fsp3) is 0.529. The van der Waals surface area contributed by atoms with E-state index in [9.17, 15) is 4.79 Å². The van der Waals surface area contributed by atoms with Crippen molar-refractivity contribution >= 4 is 11.7 Å². The molecule has 1 aliphatic rings. The second kappa shape index (κ2) is 6.70. The van der Waals surface area contributed by atoms with E-state index in [1.54, 1.807) is 11.0 Å². The molecule has 0 aliphatic carbocycles. The van der Waals surface area contributed by atoms with Gasteiger partial charge in [-0.15, -0.1) is 0 Å². The Hall–Kier alpha value is -2.64. The van der Waals surface area contributed by atoms with E-state index >= 15 is 0 Å². The van der Waals surface area contributed by atoms with E-state index in [0.29, 0.717) is 24.7 Å². The van der Waals surface area contributed by atoms with Gasteiger partial charge in [-0.2, -0.15) is 5.10 Å². The van der Waals surface area contributed by atoms with Crippen LogP contribution in [0, 0.1) is 13.8 Å². The minimum atomic E-state index is -0.0940. The number of nitrogens with zero attached hydrogens (tertiary/aromatic N) is 5. The Bertz CT molecular complexity index is 787. The summed E-state index contributed by atoms with van der Waals surface area (Å²) < 4.78 is 7.28. The van der Waals surface area contributed by atoms with Gasteiger partial charge in [-0.3, -0.25) is 9.48 Å². The van der Waals surface area contributed by atoms with Crippen LogP contribution in [0.4, 0.5) is 5.82 Å². The number of hydrogen-bond acceptors (Lipinski definition) is 6. The molecule has 1 fully saturated rings. The maximum Gasteiger partial charge on any atom is 0.225 e. The standard InChI is InChI=1S/C17H24N6O2/c1-6-25-14-8-13(18-9-19-14)20-12-7-15(24)22(4)17(12)16-10(2)21-23(5)11(16)3/h8-9,12,17H,6-7H2,1-5H3,(H,18,19,20)/t12-,17-/m1/s1. The molecule has 2 aromatic heterocycles. The largest absolute Gasteiger partial charge is 0.478 e. The van der Waals surface area contributed by atoms with Crippen LogP contribution in [0.5, 0.6) is 5.88 Å².